The van der Waals surface area contributed by atoms with Crippen molar-refractivity contribution in [1.29, 1.82) is 0 Å². The SMILES string of the molecule is Cc1ccc(NC(=O)c2ccnc(C(F)(F)F)c2)cc1-c1cc(C2(F)COC2)cc(OCCO)n1. The van der Waals surface area contributed by atoms with Crippen LogP contribution in [-0.4, -0.2) is 47.4 Å². The van der Waals surface area contributed by atoms with Gasteiger partial charge in [-0.15, -0.1) is 0 Å². The van der Waals surface area contributed by atoms with Crippen molar-refractivity contribution in [3.05, 3.63) is 71.0 Å². The summed E-state index contributed by atoms with van der Waals surface area (Å²) in [6.07, 6.45) is -3.77. The molecule has 0 spiro atoms. The minimum atomic E-state index is -4.68. The van der Waals surface area contributed by atoms with Crippen LogP contribution in [0, 0.1) is 6.92 Å². The molecule has 2 N–H and O–H groups in total. The number of halogens is 4. The average molecular weight is 491 g/mol. The van der Waals surface area contributed by atoms with E-state index in [9.17, 15) is 18.0 Å². The molecule has 1 aromatic carbocycles. The predicted octanol–water partition coefficient (Wildman–Crippen LogP) is 4.29. The van der Waals surface area contributed by atoms with Gasteiger partial charge in [0.25, 0.3) is 5.91 Å². The van der Waals surface area contributed by atoms with Crippen molar-refractivity contribution in [3.63, 3.8) is 0 Å². The molecule has 1 amide bonds. The number of ether oxygens (including phenoxy) is 2. The van der Waals surface area contributed by atoms with Gasteiger partial charge in [-0.1, -0.05) is 6.07 Å². The average Bonchev–Trinajstić information content (AvgIpc) is 2.81. The number of rotatable bonds is 7. The number of carbonyl (C=O) groups excluding carboxylic acids is 1. The van der Waals surface area contributed by atoms with Crippen molar-refractivity contribution in [2.24, 2.45) is 0 Å². The Balaban J connectivity index is 1.66. The minimum absolute atomic E-state index is 0.0351. The van der Waals surface area contributed by atoms with Crippen LogP contribution in [-0.2, 0) is 16.6 Å². The first-order valence-corrected chi connectivity index (χ1v) is 10.6. The molecule has 1 fully saturated rings. The summed E-state index contributed by atoms with van der Waals surface area (Å²) in [4.78, 5) is 20.3. The number of aliphatic hydroxyl groups excluding tert-OH is 1. The lowest BCUT2D eigenvalue weighted by molar-refractivity contribution is -0.141. The van der Waals surface area contributed by atoms with Gasteiger partial charge in [-0.05, 0) is 42.8 Å². The predicted molar refractivity (Wildman–Crippen MR) is 118 cm³/mol. The molecular weight excluding hydrogens is 470 g/mol. The number of pyridine rings is 2. The van der Waals surface area contributed by atoms with Gasteiger partial charge in [0.1, 0.15) is 12.3 Å². The third-order valence-corrected chi connectivity index (χ3v) is 5.41. The Morgan fingerprint density at radius 3 is 2.63 bits per heavy atom. The third kappa shape index (κ3) is 5.41. The molecule has 184 valence electrons. The van der Waals surface area contributed by atoms with Gasteiger partial charge < -0.3 is 19.9 Å². The van der Waals surface area contributed by atoms with Gasteiger partial charge in [0.2, 0.25) is 5.88 Å². The van der Waals surface area contributed by atoms with E-state index in [0.717, 1.165) is 11.8 Å². The molecule has 1 aliphatic rings. The largest absolute Gasteiger partial charge is 0.475 e. The molecule has 1 aliphatic heterocycles. The monoisotopic (exact) mass is 491 g/mol. The third-order valence-electron chi connectivity index (χ3n) is 5.41. The lowest BCUT2D eigenvalue weighted by Gasteiger charge is -2.34. The summed E-state index contributed by atoms with van der Waals surface area (Å²) in [7, 11) is 0. The Morgan fingerprint density at radius 1 is 1.20 bits per heavy atom. The fraction of sp³-hybridized carbons (Fsp3) is 0.292. The van der Waals surface area contributed by atoms with E-state index in [1.165, 1.54) is 12.1 Å². The second-order valence-electron chi connectivity index (χ2n) is 8.02. The Labute approximate surface area is 197 Å². The number of aryl methyl sites for hydroxylation is 1. The highest BCUT2D eigenvalue weighted by atomic mass is 19.4. The summed E-state index contributed by atoms with van der Waals surface area (Å²) < 4.78 is 64.3. The number of nitrogens with zero attached hydrogens (tertiary/aromatic N) is 2. The number of hydrogen-bond acceptors (Lipinski definition) is 6. The van der Waals surface area contributed by atoms with Crippen LogP contribution in [0.4, 0.5) is 23.2 Å². The zero-order valence-electron chi connectivity index (χ0n) is 18.5. The molecule has 3 aromatic rings. The molecular formula is C24H21F4N3O4. The zero-order chi connectivity index (χ0) is 25.2. The van der Waals surface area contributed by atoms with E-state index < -0.39 is 23.4 Å². The second kappa shape index (κ2) is 9.59. The number of hydrogen-bond donors (Lipinski definition) is 2. The van der Waals surface area contributed by atoms with Gasteiger partial charge in [-0.3, -0.25) is 9.78 Å². The number of anilines is 1. The highest BCUT2D eigenvalue weighted by molar-refractivity contribution is 6.04. The van der Waals surface area contributed by atoms with Crippen molar-refractivity contribution in [2.75, 3.05) is 31.7 Å². The molecule has 35 heavy (non-hydrogen) atoms. The van der Waals surface area contributed by atoms with E-state index in [1.807, 2.05) is 0 Å². The van der Waals surface area contributed by atoms with Crippen LogP contribution < -0.4 is 10.1 Å². The molecule has 0 unspecified atom stereocenters. The zero-order valence-corrected chi connectivity index (χ0v) is 18.5. The van der Waals surface area contributed by atoms with Crippen molar-refractivity contribution in [3.8, 4) is 17.1 Å². The summed E-state index contributed by atoms with van der Waals surface area (Å²) >= 11 is 0. The number of aliphatic hydroxyl groups is 1. The molecule has 0 aliphatic carbocycles. The lowest BCUT2D eigenvalue weighted by atomic mass is 9.92. The molecule has 1 saturated heterocycles. The van der Waals surface area contributed by atoms with Crippen molar-refractivity contribution < 1.29 is 36.9 Å². The summed E-state index contributed by atoms with van der Waals surface area (Å²) in [5.41, 5.74) is -0.831. The Morgan fingerprint density at radius 2 is 1.97 bits per heavy atom. The minimum Gasteiger partial charge on any atom is -0.475 e. The smallest absolute Gasteiger partial charge is 0.433 e. The molecule has 2 aromatic heterocycles. The first-order chi connectivity index (χ1) is 16.6. The van der Waals surface area contributed by atoms with Gasteiger partial charge in [0.05, 0.1) is 25.5 Å². The van der Waals surface area contributed by atoms with Crippen molar-refractivity contribution >= 4 is 11.6 Å². The number of benzene rings is 1. The fourth-order valence-electron chi connectivity index (χ4n) is 3.48. The molecule has 4 rings (SSSR count). The fourth-order valence-corrected chi connectivity index (χ4v) is 3.48. The molecule has 7 nitrogen and oxygen atoms in total. The number of aromatic nitrogens is 2. The van der Waals surface area contributed by atoms with Gasteiger partial charge in [-0.25, -0.2) is 9.37 Å². The summed E-state index contributed by atoms with van der Waals surface area (Å²) in [6.45, 7) is 1.27. The maximum Gasteiger partial charge on any atom is 0.433 e. The van der Waals surface area contributed by atoms with Gasteiger partial charge in [0.15, 0.2) is 5.67 Å². The van der Waals surface area contributed by atoms with Crippen LogP contribution in [0.1, 0.15) is 27.2 Å². The molecule has 0 bridgehead atoms. The number of alkyl halides is 4. The summed E-state index contributed by atoms with van der Waals surface area (Å²) in [6, 6.07) is 9.72. The number of nitrogens with one attached hydrogen (secondary N) is 1. The van der Waals surface area contributed by atoms with E-state index in [1.54, 1.807) is 31.2 Å². The van der Waals surface area contributed by atoms with Gasteiger partial charge in [-0.2, -0.15) is 13.2 Å². The number of carbonyl (C=O) groups is 1. The van der Waals surface area contributed by atoms with E-state index in [0.29, 0.717) is 28.6 Å². The van der Waals surface area contributed by atoms with Crippen LogP contribution in [0.2, 0.25) is 0 Å². The Kier molecular flexibility index (Phi) is 6.73. The highest BCUT2D eigenvalue weighted by Gasteiger charge is 2.41. The topological polar surface area (TPSA) is 93.6 Å². The molecule has 0 saturated carbocycles. The Hall–Kier alpha value is -3.57. The number of amides is 1. The quantitative estimate of drug-likeness (QED) is 0.479. The van der Waals surface area contributed by atoms with E-state index in [2.05, 4.69) is 15.3 Å². The standard InChI is InChI=1S/C24H21F4N3O4/c1-14-2-3-17(30-22(33)15-4-5-29-20(8-15)24(26,27)28)11-18(14)19-9-16(23(25)12-34-13-23)10-21(31-19)35-7-6-32/h2-5,8-11,32H,6-7,12-13H2,1H3,(H,30,33). The van der Waals surface area contributed by atoms with E-state index >= 15 is 4.39 Å². The van der Waals surface area contributed by atoms with Crippen LogP contribution >= 0.6 is 0 Å². The van der Waals surface area contributed by atoms with Gasteiger partial charge in [0, 0.05) is 34.6 Å². The second-order valence-corrected chi connectivity index (χ2v) is 8.02. The molecule has 3 heterocycles. The van der Waals surface area contributed by atoms with Crippen LogP contribution in [0.5, 0.6) is 5.88 Å². The maximum absolute atomic E-state index is 15.1. The van der Waals surface area contributed by atoms with Gasteiger partial charge >= 0.3 is 6.18 Å². The summed E-state index contributed by atoms with van der Waals surface area (Å²) in [5.74, 6) is -0.642. The van der Waals surface area contributed by atoms with E-state index in [4.69, 9.17) is 14.6 Å². The first kappa shape index (κ1) is 24.6. The van der Waals surface area contributed by atoms with E-state index in [-0.39, 0.29) is 37.9 Å². The Bertz CT molecular complexity index is 1250. The van der Waals surface area contributed by atoms with Crippen molar-refractivity contribution in [1.82, 2.24) is 9.97 Å². The normalized spacial score (nSPS) is 14.8. The molecule has 11 heteroatoms. The van der Waals surface area contributed by atoms with Crippen LogP contribution in [0.15, 0.2) is 48.7 Å². The molecule has 0 radical (unpaired) electrons. The maximum atomic E-state index is 15.1. The van der Waals surface area contributed by atoms with Crippen LogP contribution in [0.25, 0.3) is 11.3 Å². The van der Waals surface area contributed by atoms with Crippen LogP contribution in [0.3, 0.4) is 0 Å². The summed E-state index contributed by atoms with van der Waals surface area (Å²) in [5, 5.41) is 11.6. The highest BCUT2D eigenvalue weighted by Crippen LogP contribution is 2.38. The lowest BCUT2D eigenvalue weighted by Crippen LogP contribution is -2.42. The van der Waals surface area contributed by atoms with Crippen molar-refractivity contribution in [2.45, 2.75) is 18.8 Å². The molecule has 0 atom stereocenters. The first-order valence-electron chi connectivity index (χ1n) is 10.6.